The normalized spacial score (nSPS) is 11.0. The minimum atomic E-state index is -0.528. The van der Waals surface area contributed by atoms with Gasteiger partial charge in [-0.25, -0.2) is 9.78 Å². The Labute approximate surface area is 151 Å². The Hall–Kier alpha value is -2.41. The Morgan fingerprint density at radius 2 is 2.04 bits per heavy atom. The lowest BCUT2D eigenvalue weighted by atomic mass is 10.2. The lowest BCUT2D eigenvalue weighted by Gasteiger charge is -2.17. The van der Waals surface area contributed by atoms with Gasteiger partial charge in [-0.15, -0.1) is 11.3 Å². The molecule has 0 spiro atoms. The highest BCUT2D eigenvalue weighted by Gasteiger charge is 2.13. The minimum Gasteiger partial charge on any atom is -0.452 e. The Bertz CT molecular complexity index is 759. The summed E-state index contributed by atoms with van der Waals surface area (Å²) in [7, 11) is 0. The quantitative estimate of drug-likeness (QED) is 0.562. The van der Waals surface area contributed by atoms with Crippen molar-refractivity contribution in [2.24, 2.45) is 0 Å². The number of amides is 1. The number of esters is 1. The van der Waals surface area contributed by atoms with E-state index in [2.05, 4.69) is 4.98 Å². The van der Waals surface area contributed by atoms with E-state index in [-0.39, 0.29) is 12.5 Å². The van der Waals surface area contributed by atoms with Gasteiger partial charge >= 0.3 is 5.97 Å². The highest BCUT2D eigenvalue weighted by atomic mass is 32.1. The molecule has 0 fully saturated rings. The molecule has 2 rings (SSSR count). The van der Waals surface area contributed by atoms with Gasteiger partial charge in [0.2, 0.25) is 0 Å². The molecule has 0 atom stereocenters. The number of thiazole rings is 1. The van der Waals surface area contributed by atoms with Crippen molar-refractivity contribution in [3.63, 3.8) is 0 Å². The summed E-state index contributed by atoms with van der Waals surface area (Å²) in [5.41, 5.74) is 2.95. The molecule has 0 aromatic carbocycles. The van der Waals surface area contributed by atoms with Crippen LogP contribution >= 0.6 is 11.3 Å². The van der Waals surface area contributed by atoms with E-state index in [0.29, 0.717) is 13.1 Å². The van der Waals surface area contributed by atoms with Crippen molar-refractivity contribution in [3.8, 4) is 5.13 Å². The van der Waals surface area contributed by atoms with Crippen LogP contribution in [0.25, 0.3) is 11.2 Å². The number of aromatic nitrogens is 2. The second kappa shape index (κ2) is 8.62. The van der Waals surface area contributed by atoms with Gasteiger partial charge in [-0.05, 0) is 45.4 Å². The lowest BCUT2D eigenvalue weighted by Crippen LogP contribution is -2.34. The molecule has 0 saturated heterocycles. The Kier molecular flexibility index (Phi) is 6.52. The van der Waals surface area contributed by atoms with Gasteiger partial charge in [-0.3, -0.25) is 9.36 Å². The van der Waals surface area contributed by atoms with Gasteiger partial charge in [0.05, 0.1) is 0 Å². The largest absolute Gasteiger partial charge is 0.452 e. The van der Waals surface area contributed by atoms with Crippen LogP contribution in [0, 0.1) is 13.8 Å². The zero-order valence-electron chi connectivity index (χ0n) is 15.0. The summed E-state index contributed by atoms with van der Waals surface area (Å²) in [4.78, 5) is 29.6. The number of carbonyl (C=O) groups excluding carboxylic acids is 2. The monoisotopic (exact) mass is 361 g/mol. The molecule has 0 aliphatic heterocycles. The third kappa shape index (κ3) is 4.57. The van der Waals surface area contributed by atoms with Crippen molar-refractivity contribution in [2.75, 3.05) is 19.7 Å². The number of rotatable bonds is 7. The van der Waals surface area contributed by atoms with E-state index in [1.165, 1.54) is 6.08 Å². The van der Waals surface area contributed by atoms with E-state index in [9.17, 15) is 9.59 Å². The maximum absolute atomic E-state index is 11.9. The molecular formula is C18H23N3O3S. The van der Waals surface area contributed by atoms with Crippen LogP contribution in [0.4, 0.5) is 0 Å². The highest BCUT2D eigenvalue weighted by molar-refractivity contribution is 7.12. The smallest absolute Gasteiger partial charge is 0.331 e. The van der Waals surface area contributed by atoms with Crippen LogP contribution in [0.1, 0.15) is 30.8 Å². The Balaban J connectivity index is 2.01. The molecule has 7 heteroatoms. The van der Waals surface area contributed by atoms with Gasteiger partial charge in [0.25, 0.3) is 5.91 Å². The zero-order chi connectivity index (χ0) is 18.4. The van der Waals surface area contributed by atoms with Crippen LogP contribution in [0.15, 0.2) is 23.7 Å². The van der Waals surface area contributed by atoms with Crippen LogP contribution in [0.2, 0.25) is 0 Å². The second-order valence-electron chi connectivity index (χ2n) is 5.48. The number of hydrogen-bond donors (Lipinski definition) is 0. The van der Waals surface area contributed by atoms with Crippen molar-refractivity contribution in [1.29, 1.82) is 0 Å². The summed E-state index contributed by atoms with van der Waals surface area (Å²) in [5.74, 6) is -0.715. The van der Waals surface area contributed by atoms with Crippen molar-refractivity contribution < 1.29 is 14.3 Å². The summed E-state index contributed by atoms with van der Waals surface area (Å²) in [6, 6.07) is 1.99. The predicted octanol–water partition coefficient (Wildman–Crippen LogP) is 2.98. The molecule has 0 unspecified atom stereocenters. The van der Waals surface area contributed by atoms with Crippen LogP contribution in [0.5, 0.6) is 0 Å². The van der Waals surface area contributed by atoms with Gasteiger partial charge in [-0.2, -0.15) is 0 Å². The summed E-state index contributed by atoms with van der Waals surface area (Å²) in [5, 5.41) is 2.82. The van der Waals surface area contributed by atoms with E-state index < -0.39 is 5.97 Å². The van der Waals surface area contributed by atoms with Gasteiger partial charge in [0, 0.05) is 42.1 Å². The van der Waals surface area contributed by atoms with Gasteiger partial charge in [0.1, 0.15) is 0 Å². The molecule has 1 amide bonds. The average molecular weight is 361 g/mol. The van der Waals surface area contributed by atoms with E-state index >= 15 is 0 Å². The highest BCUT2D eigenvalue weighted by Crippen LogP contribution is 2.23. The minimum absolute atomic E-state index is 0.186. The SMILES string of the molecule is CCN(CC)C(=O)COC(=O)/C=C/c1cc(C)n(-c2nccs2)c1C. The van der Waals surface area contributed by atoms with Gasteiger partial charge < -0.3 is 9.64 Å². The Morgan fingerprint density at radius 3 is 2.64 bits per heavy atom. The first-order valence-corrected chi connectivity index (χ1v) is 9.07. The molecule has 0 radical (unpaired) electrons. The van der Waals surface area contributed by atoms with Crippen molar-refractivity contribution in [1.82, 2.24) is 14.5 Å². The van der Waals surface area contributed by atoms with Crippen LogP contribution in [-0.2, 0) is 14.3 Å². The molecule has 0 saturated carbocycles. The second-order valence-corrected chi connectivity index (χ2v) is 6.36. The third-order valence-electron chi connectivity index (χ3n) is 3.93. The fourth-order valence-electron chi connectivity index (χ4n) is 2.58. The van der Waals surface area contributed by atoms with E-state index in [4.69, 9.17) is 4.74 Å². The van der Waals surface area contributed by atoms with Crippen LogP contribution < -0.4 is 0 Å². The molecule has 2 aromatic heterocycles. The predicted molar refractivity (Wildman–Crippen MR) is 98.8 cm³/mol. The summed E-state index contributed by atoms with van der Waals surface area (Å²) in [6.07, 6.45) is 4.82. The number of hydrogen-bond acceptors (Lipinski definition) is 5. The first-order chi connectivity index (χ1) is 12.0. The number of nitrogens with zero attached hydrogens (tertiary/aromatic N) is 3. The van der Waals surface area contributed by atoms with Crippen LogP contribution in [0.3, 0.4) is 0 Å². The maximum atomic E-state index is 11.9. The molecule has 0 aliphatic rings. The summed E-state index contributed by atoms with van der Waals surface area (Å²) >= 11 is 1.55. The third-order valence-corrected chi connectivity index (χ3v) is 4.69. The molecule has 134 valence electrons. The molecular weight excluding hydrogens is 338 g/mol. The summed E-state index contributed by atoms with van der Waals surface area (Å²) < 4.78 is 7.07. The molecule has 25 heavy (non-hydrogen) atoms. The van der Waals surface area contributed by atoms with Gasteiger partial charge in [-0.1, -0.05) is 0 Å². The number of aryl methyl sites for hydroxylation is 1. The average Bonchev–Trinajstić information content (AvgIpc) is 3.20. The van der Waals surface area contributed by atoms with Crippen molar-refractivity contribution >= 4 is 29.3 Å². The maximum Gasteiger partial charge on any atom is 0.331 e. The Morgan fingerprint density at radius 1 is 1.32 bits per heavy atom. The molecule has 0 bridgehead atoms. The molecule has 2 aromatic rings. The first kappa shape index (κ1) is 18.9. The van der Waals surface area contributed by atoms with Crippen LogP contribution in [-0.4, -0.2) is 46.0 Å². The molecule has 0 N–H and O–H groups in total. The number of likely N-dealkylation sites (N-methyl/N-ethyl adjacent to an activating group) is 1. The van der Waals surface area contributed by atoms with Gasteiger partial charge in [0.15, 0.2) is 11.7 Å². The van der Waals surface area contributed by atoms with E-state index in [1.54, 1.807) is 28.5 Å². The van der Waals surface area contributed by atoms with E-state index in [1.807, 2.05) is 43.7 Å². The molecule has 2 heterocycles. The standard InChI is InChI=1S/C18H23N3O3S/c1-5-20(6-2)16(22)12-24-17(23)8-7-15-11-13(3)21(14(15)4)18-19-9-10-25-18/h7-11H,5-6,12H2,1-4H3/b8-7+. The van der Waals surface area contributed by atoms with Crippen molar-refractivity contribution in [3.05, 3.63) is 40.7 Å². The summed E-state index contributed by atoms with van der Waals surface area (Å²) in [6.45, 7) is 8.72. The van der Waals surface area contributed by atoms with Crippen molar-refractivity contribution in [2.45, 2.75) is 27.7 Å². The zero-order valence-corrected chi connectivity index (χ0v) is 15.8. The number of ether oxygens (including phenoxy) is 1. The topological polar surface area (TPSA) is 64.4 Å². The number of carbonyl (C=O) groups is 2. The first-order valence-electron chi connectivity index (χ1n) is 8.19. The fraction of sp³-hybridized carbons (Fsp3) is 0.389. The lowest BCUT2D eigenvalue weighted by molar-refractivity contribution is -0.147. The molecule has 6 nitrogen and oxygen atoms in total. The molecule has 0 aliphatic carbocycles. The van der Waals surface area contributed by atoms with E-state index in [0.717, 1.165) is 22.1 Å². The fourth-order valence-corrected chi connectivity index (χ4v) is 3.33.